The minimum absolute atomic E-state index is 0.0692. The van der Waals surface area contributed by atoms with E-state index < -0.39 is 0 Å². The zero-order chi connectivity index (χ0) is 14.6. The Bertz CT molecular complexity index is 413. The summed E-state index contributed by atoms with van der Waals surface area (Å²) in [6.45, 7) is 9.57. The van der Waals surface area contributed by atoms with Crippen molar-refractivity contribution in [3.8, 4) is 0 Å². The Kier molecular flexibility index (Phi) is 5.65. The summed E-state index contributed by atoms with van der Waals surface area (Å²) in [7, 11) is 1.97. The normalized spacial score (nSPS) is 13.4. The molecule has 0 amide bonds. The van der Waals surface area contributed by atoms with Crippen LogP contribution < -0.4 is 10.2 Å². The van der Waals surface area contributed by atoms with Gasteiger partial charge in [-0.2, -0.15) is 0 Å². The Balaban J connectivity index is 2.91. The summed E-state index contributed by atoms with van der Waals surface area (Å²) < 4.78 is 0. The van der Waals surface area contributed by atoms with Gasteiger partial charge in [0, 0.05) is 36.4 Å². The van der Waals surface area contributed by atoms with Crippen molar-refractivity contribution in [2.45, 2.75) is 45.9 Å². The number of likely N-dealkylation sites (N-methyl/N-ethyl adjacent to an activating group) is 1. The highest BCUT2D eigenvalue weighted by atomic mass is 35.5. The van der Waals surface area contributed by atoms with Crippen molar-refractivity contribution in [2.75, 3.05) is 18.5 Å². The lowest BCUT2D eigenvalue weighted by atomic mass is 10.1. The van der Waals surface area contributed by atoms with E-state index in [9.17, 15) is 5.11 Å². The van der Waals surface area contributed by atoms with E-state index in [1.54, 1.807) is 6.92 Å². The third-order valence-corrected chi connectivity index (χ3v) is 3.04. The summed E-state index contributed by atoms with van der Waals surface area (Å²) in [5.74, 6) is 0. The molecular weight excluding hydrogens is 260 g/mol. The summed E-state index contributed by atoms with van der Waals surface area (Å²) in [6.07, 6.45) is -0.368. The molecule has 0 aromatic heterocycles. The summed E-state index contributed by atoms with van der Waals surface area (Å²) in [5.41, 5.74) is 2.31. The number of halogens is 1. The van der Waals surface area contributed by atoms with E-state index in [-0.39, 0.29) is 11.6 Å². The highest BCUT2D eigenvalue weighted by Gasteiger charge is 2.13. The van der Waals surface area contributed by atoms with E-state index in [0.29, 0.717) is 11.6 Å². The fourth-order valence-corrected chi connectivity index (χ4v) is 2.06. The van der Waals surface area contributed by atoms with Crippen molar-refractivity contribution >= 4 is 17.3 Å². The Hall–Kier alpha value is -0.770. The molecule has 0 aliphatic rings. The second-order valence-electron chi connectivity index (χ2n) is 6.11. The first-order valence-electron chi connectivity index (χ1n) is 6.61. The molecule has 0 aliphatic carbocycles. The van der Waals surface area contributed by atoms with Crippen LogP contribution in [0.15, 0.2) is 18.2 Å². The lowest BCUT2D eigenvalue weighted by Crippen LogP contribution is -2.36. The molecule has 1 aromatic rings. The third-order valence-electron chi connectivity index (χ3n) is 2.81. The molecular formula is C15H25ClN2O. The van der Waals surface area contributed by atoms with Gasteiger partial charge in [0.25, 0.3) is 0 Å². The van der Waals surface area contributed by atoms with Gasteiger partial charge in [0.15, 0.2) is 0 Å². The van der Waals surface area contributed by atoms with Crippen LogP contribution in [0, 0.1) is 0 Å². The SMILES string of the molecule is CC(O)CN(C)c1cc(Cl)ccc1CNC(C)(C)C. The summed E-state index contributed by atoms with van der Waals surface area (Å²) in [5, 5.41) is 13.7. The molecule has 0 fully saturated rings. The number of hydrogen-bond donors (Lipinski definition) is 2. The van der Waals surface area contributed by atoms with Crippen molar-refractivity contribution in [1.82, 2.24) is 5.32 Å². The number of nitrogens with zero attached hydrogens (tertiary/aromatic N) is 1. The average Bonchev–Trinajstić information content (AvgIpc) is 2.25. The summed E-state index contributed by atoms with van der Waals surface area (Å²) >= 11 is 6.08. The van der Waals surface area contributed by atoms with E-state index in [4.69, 9.17) is 11.6 Å². The number of nitrogens with one attached hydrogen (secondary N) is 1. The highest BCUT2D eigenvalue weighted by Crippen LogP contribution is 2.24. The predicted octanol–water partition coefficient (Wildman–Crippen LogP) is 3.05. The summed E-state index contributed by atoms with van der Waals surface area (Å²) in [6, 6.07) is 5.89. The molecule has 1 unspecified atom stereocenters. The standard InChI is InChI=1S/C15H25ClN2O/c1-11(19)10-18(5)14-8-13(16)7-6-12(14)9-17-15(2,3)4/h6-8,11,17,19H,9-10H2,1-5H3. The van der Waals surface area contributed by atoms with E-state index in [1.807, 2.05) is 30.1 Å². The van der Waals surface area contributed by atoms with Crippen molar-refractivity contribution in [3.05, 3.63) is 28.8 Å². The van der Waals surface area contributed by atoms with Crippen LogP contribution in [0.1, 0.15) is 33.3 Å². The Morgan fingerprint density at radius 1 is 1.37 bits per heavy atom. The van der Waals surface area contributed by atoms with Gasteiger partial charge < -0.3 is 15.3 Å². The second kappa shape index (κ2) is 6.60. The minimum Gasteiger partial charge on any atom is -0.392 e. The maximum atomic E-state index is 9.51. The molecule has 0 radical (unpaired) electrons. The van der Waals surface area contributed by atoms with Crippen LogP contribution in [0.2, 0.25) is 5.02 Å². The van der Waals surface area contributed by atoms with E-state index in [0.717, 1.165) is 12.2 Å². The van der Waals surface area contributed by atoms with Crippen molar-refractivity contribution in [2.24, 2.45) is 0 Å². The topological polar surface area (TPSA) is 35.5 Å². The first-order valence-corrected chi connectivity index (χ1v) is 6.99. The zero-order valence-corrected chi connectivity index (χ0v) is 13.3. The molecule has 0 saturated heterocycles. The first kappa shape index (κ1) is 16.3. The maximum Gasteiger partial charge on any atom is 0.0686 e. The van der Waals surface area contributed by atoms with Crippen LogP contribution >= 0.6 is 11.6 Å². The lowest BCUT2D eigenvalue weighted by molar-refractivity contribution is 0.201. The van der Waals surface area contributed by atoms with Gasteiger partial charge >= 0.3 is 0 Å². The predicted molar refractivity (Wildman–Crippen MR) is 83.0 cm³/mol. The minimum atomic E-state index is -0.368. The van der Waals surface area contributed by atoms with Crippen molar-refractivity contribution in [1.29, 1.82) is 0 Å². The molecule has 1 rings (SSSR count). The molecule has 0 bridgehead atoms. The fraction of sp³-hybridized carbons (Fsp3) is 0.600. The summed E-state index contributed by atoms with van der Waals surface area (Å²) in [4.78, 5) is 2.04. The number of hydrogen-bond acceptors (Lipinski definition) is 3. The lowest BCUT2D eigenvalue weighted by Gasteiger charge is -2.26. The fourth-order valence-electron chi connectivity index (χ4n) is 1.90. The van der Waals surface area contributed by atoms with Crippen molar-refractivity contribution in [3.63, 3.8) is 0 Å². The monoisotopic (exact) mass is 284 g/mol. The second-order valence-corrected chi connectivity index (χ2v) is 6.54. The molecule has 0 spiro atoms. The number of aliphatic hydroxyl groups is 1. The van der Waals surface area contributed by atoms with Crippen LogP contribution in [0.3, 0.4) is 0 Å². The van der Waals surface area contributed by atoms with Crippen molar-refractivity contribution < 1.29 is 5.11 Å². The van der Waals surface area contributed by atoms with Gasteiger partial charge in [-0.25, -0.2) is 0 Å². The maximum absolute atomic E-state index is 9.51. The van der Waals surface area contributed by atoms with Gasteiger partial charge in [0.1, 0.15) is 0 Å². The van der Waals surface area contributed by atoms with E-state index >= 15 is 0 Å². The molecule has 0 heterocycles. The molecule has 2 N–H and O–H groups in total. The van der Waals surface area contributed by atoms with E-state index in [1.165, 1.54) is 5.56 Å². The van der Waals surface area contributed by atoms with Gasteiger partial charge in [-0.3, -0.25) is 0 Å². The molecule has 0 saturated carbocycles. The Morgan fingerprint density at radius 3 is 2.53 bits per heavy atom. The number of rotatable bonds is 5. The Labute approximate surface area is 121 Å². The van der Waals surface area contributed by atoms with Crippen LogP contribution in [0.5, 0.6) is 0 Å². The molecule has 19 heavy (non-hydrogen) atoms. The number of aliphatic hydroxyl groups excluding tert-OH is 1. The molecule has 3 nitrogen and oxygen atoms in total. The third kappa shape index (κ3) is 5.81. The van der Waals surface area contributed by atoms with Gasteiger partial charge in [-0.05, 0) is 45.4 Å². The van der Waals surface area contributed by atoms with Crippen LogP contribution in [0.25, 0.3) is 0 Å². The van der Waals surface area contributed by atoms with Gasteiger partial charge in [0.2, 0.25) is 0 Å². The van der Waals surface area contributed by atoms with E-state index in [2.05, 4.69) is 26.1 Å². The first-order chi connectivity index (χ1) is 8.69. The van der Waals surface area contributed by atoms with Crippen LogP contribution in [-0.4, -0.2) is 30.3 Å². The zero-order valence-electron chi connectivity index (χ0n) is 12.5. The van der Waals surface area contributed by atoms with Gasteiger partial charge in [-0.1, -0.05) is 17.7 Å². The van der Waals surface area contributed by atoms with Crippen LogP contribution in [0.4, 0.5) is 5.69 Å². The molecule has 1 aromatic carbocycles. The molecule has 0 aliphatic heterocycles. The highest BCUT2D eigenvalue weighted by molar-refractivity contribution is 6.30. The average molecular weight is 285 g/mol. The molecule has 108 valence electrons. The quantitative estimate of drug-likeness (QED) is 0.872. The van der Waals surface area contributed by atoms with Gasteiger partial charge in [-0.15, -0.1) is 0 Å². The molecule has 4 heteroatoms. The smallest absolute Gasteiger partial charge is 0.0686 e. The largest absolute Gasteiger partial charge is 0.392 e. The number of benzene rings is 1. The molecule has 1 atom stereocenters. The number of anilines is 1. The Morgan fingerprint density at radius 2 is 2.00 bits per heavy atom. The van der Waals surface area contributed by atoms with Gasteiger partial charge in [0.05, 0.1) is 6.10 Å². The van der Waals surface area contributed by atoms with Crippen LogP contribution in [-0.2, 0) is 6.54 Å².